The molecule has 0 unspecified atom stereocenters. The Morgan fingerprint density at radius 3 is 2.83 bits per heavy atom. The molecule has 0 atom stereocenters. The number of rotatable bonds is 5. The van der Waals surface area contributed by atoms with Gasteiger partial charge >= 0.3 is 5.97 Å². The van der Waals surface area contributed by atoms with Gasteiger partial charge in [-0.25, -0.2) is 4.79 Å². The third-order valence-electron chi connectivity index (χ3n) is 2.47. The van der Waals surface area contributed by atoms with Crippen LogP contribution in [-0.4, -0.2) is 29.2 Å². The van der Waals surface area contributed by atoms with Gasteiger partial charge in [0.05, 0.1) is 13.7 Å². The summed E-state index contributed by atoms with van der Waals surface area (Å²) in [6, 6.07) is 7.10. The van der Waals surface area contributed by atoms with Gasteiger partial charge < -0.3 is 14.0 Å². The van der Waals surface area contributed by atoms with Crippen molar-refractivity contribution in [3.05, 3.63) is 48.5 Å². The molecule has 0 fully saturated rings. The number of carbonyl (C=O) groups excluding carboxylic acids is 1. The van der Waals surface area contributed by atoms with Crippen molar-refractivity contribution >= 4 is 5.97 Å². The standard InChI is InChI=1S/C13H14N2O3/c1-17-13(16)12-3-2-8-15(12)9-10-18-11-4-6-14-7-5-11/h2-8H,9-10H2,1H3. The highest BCUT2D eigenvalue weighted by Gasteiger charge is 2.10. The molecule has 0 saturated carbocycles. The number of ether oxygens (including phenoxy) is 2. The lowest BCUT2D eigenvalue weighted by atomic mass is 10.4. The van der Waals surface area contributed by atoms with Gasteiger partial charge in [0.25, 0.3) is 0 Å². The van der Waals surface area contributed by atoms with Crippen LogP contribution >= 0.6 is 0 Å². The summed E-state index contributed by atoms with van der Waals surface area (Å²) >= 11 is 0. The maximum absolute atomic E-state index is 11.4. The largest absolute Gasteiger partial charge is 0.492 e. The summed E-state index contributed by atoms with van der Waals surface area (Å²) in [6.07, 6.45) is 5.16. The van der Waals surface area contributed by atoms with Gasteiger partial charge in [0.2, 0.25) is 0 Å². The van der Waals surface area contributed by atoms with Crippen molar-refractivity contribution in [2.45, 2.75) is 6.54 Å². The molecule has 0 aliphatic rings. The molecular formula is C13H14N2O3. The van der Waals surface area contributed by atoms with Crippen LogP contribution in [0.5, 0.6) is 5.75 Å². The van der Waals surface area contributed by atoms with E-state index >= 15 is 0 Å². The Bertz CT molecular complexity index is 508. The minimum absolute atomic E-state index is 0.344. The van der Waals surface area contributed by atoms with Gasteiger partial charge in [-0.15, -0.1) is 0 Å². The smallest absolute Gasteiger partial charge is 0.354 e. The molecule has 0 radical (unpaired) electrons. The molecule has 2 heterocycles. The average molecular weight is 246 g/mol. The second-order valence-corrected chi connectivity index (χ2v) is 3.61. The van der Waals surface area contributed by atoms with Crippen LogP contribution in [0.2, 0.25) is 0 Å². The monoisotopic (exact) mass is 246 g/mol. The Hall–Kier alpha value is -2.30. The van der Waals surface area contributed by atoms with Gasteiger partial charge in [0.15, 0.2) is 0 Å². The Morgan fingerprint density at radius 2 is 2.11 bits per heavy atom. The number of esters is 1. The number of hydrogen-bond donors (Lipinski definition) is 0. The van der Waals surface area contributed by atoms with Gasteiger partial charge in [-0.05, 0) is 24.3 Å². The number of hydrogen-bond acceptors (Lipinski definition) is 4. The SMILES string of the molecule is COC(=O)c1cccn1CCOc1ccncc1. The summed E-state index contributed by atoms with van der Waals surface area (Å²) in [5.41, 5.74) is 0.524. The Labute approximate surface area is 105 Å². The molecule has 94 valence electrons. The summed E-state index contributed by atoms with van der Waals surface area (Å²) < 4.78 is 12.0. The molecule has 0 aliphatic heterocycles. The number of nitrogens with zero attached hydrogens (tertiary/aromatic N) is 2. The van der Waals surface area contributed by atoms with Crippen LogP contribution in [0, 0.1) is 0 Å². The van der Waals surface area contributed by atoms with Crippen molar-refractivity contribution in [1.29, 1.82) is 0 Å². The van der Waals surface area contributed by atoms with E-state index in [4.69, 9.17) is 9.47 Å². The van der Waals surface area contributed by atoms with Crippen molar-refractivity contribution in [2.75, 3.05) is 13.7 Å². The minimum Gasteiger partial charge on any atom is -0.492 e. The van der Waals surface area contributed by atoms with E-state index in [-0.39, 0.29) is 5.97 Å². The highest BCUT2D eigenvalue weighted by atomic mass is 16.5. The third-order valence-corrected chi connectivity index (χ3v) is 2.47. The topological polar surface area (TPSA) is 53.4 Å². The fourth-order valence-electron chi connectivity index (χ4n) is 1.60. The quantitative estimate of drug-likeness (QED) is 0.754. The first-order valence-electron chi connectivity index (χ1n) is 5.57. The molecule has 5 nitrogen and oxygen atoms in total. The van der Waals surface area contributed by atoms with E-state index in [9.17, 15) is 4.79 Å². The summed E-state index contributed by atoms with van der Waals surface area (Å²) in [7, 11) is 1.37. The molecule has 2 aromatic rings. The van der Waals surface area contributed by atoms with Crippen molar-refractivity contribution in [2.24, 2.45) is 0 Å². The van der Waals surface area contributed by atoms with Crippen LogP contribution in [0.25, 0.3) is 0 Å². The molecular weight excluding hydrogens is 232 g/mol. The number of aromatic nitrogens is 2. The number of carbonyl (C=O) groups is 1. The van der Waals surface area contributed by atoms with Crippen molar-refractivity contribution in [3.63, 3.8) is 0 Å². The van der Waals surface area contributed by atoms with Gasteiger partial charge in [0.1, 0.15) is 18.1 Å². The van der Waals surface area contributed by atoms with E-state index in [2.05, 4.69) is 4.98 Å². The fraction of sp³-hybridized carbons (Fsp3) is 0.231. The second kappa shape index (κ2) is 5.86. The predicted octanol–water partition coefficient (Wildman–Crippen LogP) is 1.75. The van der Waals surface area contributed by atoms with Crippen LogP contribution in [0.1, 0.15) is 10.5 Å². The van der Waals surface area contributed by atoms with Crippen molar-refractivity contribution in [1.82, 2.24) is 9.55 Å². The second-order valence-electron chi connectivity index (χ2n) is 3.61. The minimum atomic E-state index is -0.344. The Kier molecular flexibility index (Phi) is 3.96. The third kappa shape index (κ3) is 2.88. The van der Waals surface area contributed by atoms with Crippen molar-refractivity contribution in [3.8, 4) is 5.75 Å². The van der Waals surface area contributed by atoms with E-state index in [1.54, 1.807) is 41.2 Å². The normalized spacial score (nSPS) is 10.1. The molecule has 0 spiro atoms. The zero-order chi connectivity index (χ0) is 12.8. The summed E-state index contributed by atoms with van der Waals surface area (Å²) in [6.45, 7) is 1.06. The fourth-order valence-corrected chi connectivity index (χ4v) is 1.60. The van der Waals surface area contributed by atoms with Gasteiger partial charge in [-0.3, -0.25) is 4.98 Å². The summed E-state index contributed by atoms with van der Waals surface area (Å²) in [5, 5.41) is 0. The van der Waals surface area contributed by atoms with Gasteiger partial charge in [0, 0.05) is 18.6 Å². The Morgan fingerprint density at radius 1 is 1.33 bits per heavy atom. The maximum atomic E-state index is 11.4. The first-order chi connectivity index (χ1) is 8.81. The lowest BCUT2D eigenvalue weighted by Crippen LogP contribution is -2.14. The lowest BCUT2D eigenvalue weighted by Gasteiger charge is -2.09. The van der Waals surface area contributed by atoms with Gasteiger partial charge in [-0.1, -0.05) is 0 Å². The molecule has 0 amide bonds. The van der Waals surface area contributed by atoms with Crippen LogP contribution in [0.3, 0.4) is 0 Å². The van der Waals surface area contributed by atoms with E-state index in [0.717, 1.165) is 5.75 Å². The lowest BCUT2D eigenvalue weighted by molar-refractivity contribution is 0.0587. The van der Waals surface area contributed by atoms with Crippen molar-refractivity contribution < 1.29 is 14.3 Å². The first-order valence-corrected chi connectivity index (χ1v) is 5.57. The average Bonchev–Trinajstić information content (AvgIpc) is 2.87. The maximum Gasteiger partial charge on any atom is 0.354 e. The zero-order valence-corrected chi connectivity index (χ0v) is 10.1. The molecule has 18 heavy (non-hydrogen) atoms. The zero-order valence-electron chi connectivity index (χ0n) is 10.1. The van der Waals surface area contributed by atoms with Crippen LogP contribution in [-0.2, 0) is 11.3 Å². The molecule has 0 aromatic carbocycles. The molecule has 0 aliphatic carbocycles. The number of methoxy groups -OCH3 is 1. The van der Waals surface area contributed by atoms with E-state index in [0.29, 0.717) is 18.8 Å². The predicted molar refractivity (Wildman–Crippen MR) is 65.5 cm³/mol. The molecule has 0 saturated heterocycles. The summed E-state index contributed by atoms with van der Waals surface area (Å²) in [5.74, 6) is 0.417. The molecule has 0 bridgehead atoms. The van der Waals surface area contributed by atoms with Crippen LogP contribution in [0.4, 0.5) is 0 Å². The van der Waals surface area contributed by atoms with E-state index < -0.39 is 0 Å². The van der Waals surface area contributed by atoms with Gasteiger partial charge in [-0.2, -0.15) is 0 Å². The highest BCUT2D eigenvalue weighted by Crippen LogP contribution is 2.08. The van der Waals surface area contributed by atoms with E-state index in [1.165, 1.54) is 7.11 Å². The first kappa shape index (κ1) is 12.2. The highest BCUT2D eigenvalue weighted by molar-refractivity contribution is 5.87. The molecule has 2 rings (SSSR count). The number of pyridine rings is 1. The summed E-state index contributed by atoms with van der Waals surface area (Å²) in [4.78, 5) is 15.3. The molecule has 5 heteroatoms. The van der Waals surface area contributed by atoms with Crippen LogP contribution < -0.4 is 4.74 Å². The van der Waals surface area contributed by atoms with Crippen LogP contribution in [0.15, 0.2) is 42.9 Å². The molecule has 2 aromatic heterocycles. The van der Waals surface area contributed by atoms with E-state index in [1.807, 2.05) is 6.20 Å². The Balaban J connectivity index is 1.91. The molecule has 0 N–H and O–H groups in total.